The van der Waals surface area contributed by atoms with Gasteiger partial charge in [0.25, 0.3) is 0 Å². The summed E-state index contributed by atoms with van der Waals surface area (Å²) >= 11 is 0. The van der Waals surface area contributed by atoms with Crippen LogP contribution in [0.25, 0.3) is 0 Å². The highest BCUT2D eigenvalue weighted by atomic mass is 32.2. The third-order valence-corrected chi connectivity index (χ3v) is 5.18. The highest BCUT2D eigenvalue weighted by molar-refractivity contribution is 7.89. The fraction of sp³-hybridized carbons (Fsp3) is 0.294. The van der Waals surface area contributed by atoms with Crippen molar-refractivity contribution in [1.82, 2.24) is 4.72 Å². The predicted molar refractivity (Wildman–Crippen MR) is 85.7 cm³/mol. The molecule has 0 saturated carbocycles. The van der Waals surface area contributed by atoms with Gasteiger partial charge in [0.1, 0.15) is 5.82 Å². The van der Waals surface area contributed by atoms with Gasteiger partial charge in [-0.15, -0.1) is 0 Å². The van der Waals surface area contributed by atoms with Gasteiger partial charge in [-0.1, -0.05) is 30.3 Å². The minimum Gasteiger partial charge on any atom is -0.207 e. The number of sulfonamides is 1. The van der Waals surface area contributed by atoms with Crippen molar-refractivity contribution in [3.8, 4) is 0 Å². The Morgan fingerprint density at radius 1 is 1.09 bits per heavy atom. The number of nitrogens with one attached hydrogen (secondary N) is 1. The Labute approximate surface area is 131 Å². The van der Waals surface area contributed by atoms with E-state index in [2.05, 4.69) is 4.72 Å². The molecule has 0 radical (unpaired) electrons. The van der Waals surface area contributed by atoms with E-state index >= 15 is 0 Å². The molecule has 2 aromatic rings. The average Bonchev–Trinajstić information content (AvgIpc) is 2.37. The van der Waals surface area contributed by atoms with Gasteiger partial charge in [-0.25, -0.2) is 17.5 Å². The van der Waals surface area contributed by atoms with Crippen LogP contribution >= 0.6 is 0 Å². The summed E-state index contributed by atoms with van der Waals surface area (Å²) < 4.78 is 40.9. The maximum Gasteiger partial charge on any atom is 0.241 e. The highest BCUT2D eigenvalue weighted by Gasteiger charge is 2.27. The molecule has 0 saturated heterocycles. The molecule has 22 heavy (non-hydrogen) atoms. The van der Waals surface area contributed by atoms with Crippen molar-refractivity contribution in [3.63, 3.8) is 0 Å². The van der Waals surface area contributed by atoms with E-state index in [1.54, 1.807) is 6.92 Å². The molecular formula is C17H20FNO2S. The third-order valence-electron chi connectivity index (χ3n) is 3.33. The van der Waals surface area contributed by atoms with Gasteiger partial charge in [0.05, 0.1) is 4.90 Å². The van der Waals surface area contributed by atoms with Crippen LogP contribution in [0.2, 0.25) is 0 Å². The molecule has 0 unspecified atom stereocenters. The van der Waals surface area contributed by atoms with E-state index in [0.29, 0.717) is 12.0 Å². The summed E-state index contributed by atoms with van der Waals surface area (Å²) in [5.41, 5.74) is 0.787. The van der Waals surface area contributed by atoms with Crippen LogP contribution in [0.5, 0.6) is 0 Å². The zero-order valence-corrected chi connectivity index (χ0v) is 13.7. The monoisotopic (exact) mass is 321 g/mol. The third kappa shape index (κ3) is 4.15. The van der Waals surface area contributed by atoms with E-state index in [9.17, 15) is 12.8 Å². The van der Waals surface area contributed by atoms with E-state index < -0.39 is 21.4 Å². The first-order chi connectivity index (χ1) is 10.2. The van der Waals surface area contributed by atoms with E-state index in [0.717, 1.165) is 11.6 Å². The molecule has 3 nitrogen and oxygen atoms in total. The zero-order valence-electron chi connectivity index (χ0n) is 12.9. The lowest BCUT2D eigenvalue weighted by Gasteiger charge is -2.26. The number of benzene rings is 2. The first-order valence-electron chi connectivity index (χ1n) is 7.04. The summed E-state index contributed by atoms with van der Waals surface area (Å²) in [4.78, 5) is 0.107. The van der Waals surface area contributed by atoms with Crippen LogP contribution < -0.4 is 4.72 Å². The summed E-state index contributed by atoms with van der Waals surface area (Å²) in [5.74, 6) is -0.444. The van der Waals surface area contributed by atoms with Gasteiger partial charge in [0.2, 0.25) is 10.0 Å². The van der Waals surface area contributed by atoms with E-state index in [4.69, 9.17) is 0 Å². The Bertz CT molecular complexity index is 755. The molecule has 118 valence electrons. The minimum atomic E-state index is -3.70. The summed E-state index contributed by atoms with van der Waals surface area (Å²) in [5, 5.41) is 0. The second-order valence-electron chi connectivity index (χ2n) is 6.06. The molecule has 0 amide bonds. The van der Waals surface area contributed by atoms with Crippen molar-refractivity contribution in [3.05, 3.63) is 65.5 Å². The largest absolute Gasteiger partial charge is 0.241 e. The van der Waals surface area contributed by atoms with Crippen molar-refractivity contribution in [2.75, 3.05) is 0 Å². The van der Waals surface area contributed by atoms with Crippen LogP contribution in [0.15, 0.2) is 53.4 Å². The first-order valence-corrected chi connectivity index (χ1v) is 8.52. The van der Waals surface area contributed by atoms with Crippen LogP contribution in [0, 0.1) is 12.7 Å². The Balaban J connectivity index is 2.23. The van der Waals surface area contributed by atoms with Crippen molar-refractivity contribution >= 4 is 10.0 Å². The van der Waals surface area contributed by atoms with E-state index in [1.165, 1.54) is 12.1 Å². The molecule has 0 bridgehead atoms. The lowest BCUT2D eigenvalue weighted by molar-refractivity contribution is 0.450. The second kappa shape index (κ2) is 6.18. The van der Waals surface area contributed by atoms with E-state index in [1.807, 2.05) is 44.2 Å². The summed E-state index contributed by atoms with van der Waals surface area (Å²) in [7, 11) is -3.70. The second-order valence-corrected chi connectivity index (χ2v) is 7.71. The normalized spacial score (nSPS) is 12.4. The van der Waals surface area contributed by atoms with Gasteiger partial charge in [-0.05, 0) is 56.5 Å². The number of hydrogen-bond donors (Lipinski definition) is 1. The van der Waals surface area contributed by atoms with Crippen LogP contribution in [-0.2, 0) is 16.4 Å². The maximum absolute atomic E-state index is 13.1. The average molecular weight is 321 g/mol. The quantitative estimate of drug-likeness (QED) is 0.917. The van der Waals surface area contributed by atoms with Gasteiger partial charge in [-0.2, -0.15) is 0 Å². The molecule has 0 heterocycles. The van der Waals surface area contributed by atoms with Crippen molar-refractivity contribution in [1.29, 1.82) is 0 Å². The van der Waals surface area contributed by atoms with Gasteiger partial charge < -0.3 is 0 Å². The fourth-order valence-electron chi connectivity index (χ4n) is 2.48. The first kappa shape index (κ1) is 16.6. The molecule has 0 spiro atoms. The topological polar surface area (TPSA) is 46.2 Å². The molecule has 0 aliphatic heterocycles. The molecule has 5 heteroatoms. The minimum absolute atomic E-state index is 0.107. The number of halogens is 1. The molecule has 0 aliphatic carbocycles. The molecule has 1 N–H and O–H groups in total. The summed E-state index contributed by atoms with van der Waals surface area (Å²) in [6.07, 6.45) is 0.563. The molecule has 0 fully saturated rings. The van der Waals surface area contributed by atoms with Gasteiger partial charge in [-0.3, -0.25) is 0 Å². The summed E-state index contributed by atoms with van der Waals surface area (Å²) in [6.45, 7) is 5.24. The standard InChI is InChI=1S/C17H20FNO2S/c1-13-11-15(18)9-10-16(13)22(20,21)19-17(2,3)12-14-7-5-4-6-8-14/h4-11,19H,12H2,1-3H3. The molecule has 0 aliphatic rings. The Morgan fingerprint density at radius 3 is 2.32 bits per heavy atom. The highest BCUT2D eigenvalue weighted by Crippen LogP contribution is 2.20. The Kier molecular flexibility index (Phi) is 4.68. The number of aryl methyl sites for hydroxylation is 1. The van der Waals surface area contributed by atoms with Crippen molar-refractivity contribution in [2.45, 2.75) is 37.6 Å². The maximum atomic E-state index is 13.1. The van der Waals surface area contributed by atoms with Crippen LogP contribution in [0.3, 0.4) is 0 Å². The Hall–Kier alpha value is -1.72. The predicted octanol–water partition coefficient (Wildman–Crippen LogP) is 3.43. The number of hydrogen-bond acceptors (Lipinski definition) is 2. The molecule has 2 aromatic carbocycles. The zero-order chi connectivity index (χ0) is 16.4. The molecule has 2 rings (SSSR count). The molecular weight excluding hydrogens is 301 g/mol. The van der Waals surface area contributed by atoms with Gasteiger partial charge in [0, 0.05) is 5.54 Å². The van der Waals surface area contributed by atoms with Crippen LogP contribution in [-0.4, -0.2) is 14.0 Å². The molecule has 0 atom stereocenters. The van der Waals surface area contributed by atoms with Crippen molar-refractivity contribution < 1.29 is 12.8 Å². The van der Waals surface area contributed by atoms with Crippen LogP contribution in [0.1, 0.15) is 25.0 Å². The Morgan fingerprint density at radius 2 is 1.73 bits per heavy atom. The SMILES string of the molecule is Cc1cc(F)ccc1S(=O)(=O)NC(C)(C)Cc1ccccc1. The lowest BCUT2D eigenvalue weighted by Crippen LogP contribution is -2.45. The smallest absolute Gasteiger partial charge is 0.207 e. The lowest BCUT2D eigenvalue weighted by atomic mass is 9.96. The molecule has 0 aromatic heterocycles. The van der Waals surface area contributed by atoms with Gasteiger partial charge in [0.15, 0.2) is 0 Å². The fourth-order valence-corrected chi connectivity index (χ4v) is 4.11. The van der Waals surface area contributed by atoms with Crippen LogP contribution in [0.4, 0.5) is 4.39 Å². The summed E-state index contributed by atoms with van der Waals surface area (Å²) in [6, 6.07) is 13.4. The number of rotatable bonds is 5. The van der Waals surface area contributed by atoms with Gasteiger partial charge >= 0.3 is 0 Å². The van der Waals surface area contributed by atoms with E-state index in [-0.39, 0.29) is 4.90 Å². The van der Waals surface area contributed by atoms with Crippen molar-refractivity contribution in [2.24, 2.45) is 0 Å².